The zero-order valence-electron chi connectivity index (χ0n) is 16.0. The zero-order valence-corrected chi connectivity index (χ0v) is 16.0. The van der Waals surface area contributed by atoms with Crippen molar-refractivity contribution in [3.05, 3.63) is 17.0 Å². The van der Waals surface area contributed by atoms with E-state index in [1.807, 2.05) is 11.8 Å². The zero-order chi connectivity index (χ0) is 19.7. The van der Waals surface area contributed by atoms with E-state index in [0.717, 1.165) is 11.3 Å². The Morgan fingerprint density at radius 2 is 1.89 bits per heavy atom. The molecule has 146 valence electrons. The average molecular weight is 377 g/mol. The number of alkyl halides is 1. The first-order valence-corrected chi connectivity index (χ1v) is 9.07. The molecule has 0 N–H and O–H groups in total. The first-order chi connectivity index (χ1) is 12.8. The molecular weight excluding hydrogens is 353 g/mol. The number of hydrogen-bond donors (Lipinski definition) is 0. The van der Waals surface area contributed by atoms with E-state index in [0.29, 0.717) is 31.9 Å². The smallest absolute Gasteiger partial charge is 0.289 e. The van der Waals surface area contributed by atoms with Crippen LogP contribution in [0.25, 0.3) is 0 Å². The van der Waals surface area contributed by atoms with E-state index in [9.17, 15) is 14.0 Å². The Morgan fingerprint density at radius 3 is 2.44 bits per heavy atom. The van der Waals surface area contributed by atoms with Gasteiger partial charge in [-0.3, -0.25) is 9.59 Å². The van der Waals surface area contributed by atoms with Crippen LogP contribution < -0.4 is 0 Å². The summed E-state index contributed by atoms with van der Waals surface area (Å²) in [4.78, 5) is 36.0. The van der Waals surface area contributed by atoms with Gasteiger partial charge < -0.3 is 14.3 Å². The van der Waals surface area contributed by atoms with Crippen LogP contribution in [0.2, 0.25) is 0 Å². The van der Waals surface area contributed by atoms with E-state index in [1.165, 1.54) is 0 Å². The number of amides is 2. The molecule has 1 atom stereocenters. The van der Waals surface area contributed by atoms with Crippen LogP contribution in [-0.4, -0.2) is 70.8 Å². The second kappa shape index (κ2) is 7.58. The molecule has 1 fully saturated rings. The van der Waals surface area contributed by atoms with Crippen LogP contribution in [0.3, 0.4) is 0 Å². The summed E-state index contributed by atoms with van der Waals surface area (Å²) in [6, 6.07) is 0. The molecule has 0 aliphatic carbocycles. The minimum atomic E-state index is -1.76. The summed E-state index contributed by atoms with van der Waals surface area (Å²) in [5.41, 5.74) is 1.76. The van der Waals surface area contributed by atoms with Gasteiger partial charge in [0.25, 0.3) is 5.91 Å². The highest BCUT2D eigenvalue weighted by atomic mass is 19.1. The first kappa shape index (κ1) is 19.2. The highest BCUT2D eigenvalue weighted by molar-refractivity contribution is 6.18. The Kier molecular flexibility index (Phi) is 5.38. The molecule has 0 spiro atoms. The van der Waals surface area contributed by atoms with E-state index < -0.39 is 12.1 Å². The number of aliphatic imine (C=N–C) groups is 2. The summed E-state index contributed by atoms with van der Waals surface area (Å²) in [7, 11) is 0. The maximum atomic E-state index is 14.0. The third-order valence-corrected chi connectivity index (χ3v) is 4.93. The standard InChI is InChI=1S/C18H24FN5O3/c1-10(2)16-15(19)17(26)21-18(20-16)24-7-5-23(6-8-24)14(25)9-13-11(3)22-27-12(13)4/h10,15H,5-9H2,1-4H3. The summed E-state index contributed by atoms with van der Waals surface area (Å²) in [6.45, 7) is 9.16. The third-order valence-electron chi connectivity index (χ3n) is 4.93. The Balaban J connectivity index is 1.63. The first-order valence-electron chi connectivity index (χ1n) is 9.07. The molecule has 1 aromatic rings. The van der Waals surface area contributed by atoms with Crippen LogP contribution in [0.5, 0.6) is 0 Å². The van der Waals surface area contributed by atoms with Crippen LogP contribution in [0.15, 0.2) is 14.5 Å². The fourth-order valence-corrected chi connectivity index (χ4v) is 3.22. The molecule has 1 saturated heterocycles. The Morgan fingerprint density at radius 1 is 1.22 bits per heavy atom. The third kappa shape index (κ3) is 3.91. The molecular formula is C18H24FN5O3. The molecule has 3 rings (SSSR count). The van der Waals surface area contributed by atoms with Gasteiger partial charge in [-0.05, 0) is 19.8 Å². The summed E-state index contributed by atoms with van der Waals surface area (Å²) in [6.07, 6.45) is -1.51. The Bertz CT molecular complexity index is 786. The minimum absolute atomic E-state index is 0.000835. The molecule has 0 bridgehead atoms. The number of hydrogen-bond acceptors (Lipinski definition) is 6. The van der Waals surface area contributed by atoms with Crippen molar-refractivity contribution in [2.24, 2.45) is 15.9 Å². The molecule has 2 amide bonds. The van der Waals surface area contributed by atoms with Gasteiger partial charge in [0.1, 0.15) is 5.76 Å². The Labute approximate surface area is 157 Å². The van der Waals surface area contributed by atoms with Crippen molar-refractivity contribution in [3.63, 3.8) is 0 Å². The van der Waals surface area contributed by atoms with Gasteiger partial charge in [0.15, 0.2) is 0 Å². The largest absolute Gasteiger partial charge is 0.361 e. The number of halogens is 1. The molecule has 9 heteroatoms. The fraction of sp³-hybridized carbons (Fsp3) is 0.611. The highest BCUT2D eigenvalue weighted by Crippen LogP contribution is 2.17. The van der Waals surface area contributed by atoms with E-state index in [1.54, 1.807) is 25.7 Å². The van der Waals surface area contributed by atoms with Gasteiger partial charge in [0, 0.05) is 31.7 Å². The minimum Gasteiger partial charge on any atom is -0.361 e. The van der Waals surface area contributed by atoms with Gasteiger partial charge >= 0.3 is 0 Å². The van der Waals surface area contributed by atoms with Crippen molar-refractivity contribution < 1.29 is 18.5 Å². The molecule has 0 radical (unpaired) electrons. The van der Waals surface area contributed by atoms with E-state index in [-0.39, 0.29) is 29.9 Å². The van der Waals surface area contributed by atoms with Gasteiger partial charge in [-0.15, -0.1) is 0 Å². The molecule has 8 nitrogen and oxygen atoms in total. The molecule has 0 saturated carbocycles. The maximum Gasteiger partial charge on any atom is 0.289 e. The molecule has 27 heavy (non-hydrogen) atoms. The molecule has 1 aromatic heterocycles. The molecule has 0 aromatic carbocycles. The number of guanidine groups is 1. The molecule has 2 aliphatic rings. The van der Waals surface area contributed by atoms with Gasteiger partial charge in [-0.1, -0.05) is 19.0 Å². The second-order valence-corrected chi connectivity index (χ2v) is 7.15. The van der Waals surface area contributed by atoms with Gasteiger partial charge in [-0.2, -0.15) is 4.99 Å². The normalized spacial score (nSPS) is 20.8. The number of nitrogens with zero attached hydrogens (tertiary/aromatic N) is 5. The lowest BCUT2D eigenvalue weighted by molar-refractivity contribution is -0.131. The SMILES string of the molecule is Cc1noc(C)c1CC(=O)N1CCN(C2=NC(=O)C(F)C(C(C)C)=N2)CC1. The lowest BCUT2D eigenvalue weighted by atomic mass is 10.0. The number of aromatic nitrogens is 1. The summed E-state index contributed by atoms with van der Waals surface area (Å²) in [5, 5.41) is 3.88. The van der Waals surface area contributed by atoms with Crippen molar-refractivity contribution >= 4 is 23.5 Å². The summed E-state index contributed by atoms with van der Waals surface area (Å²) < 4.78 is 19.1. The number of carbonyl (C=O) groups is 2. The quantitative estimate of drug-likeness (QED) is 0.792. The van der Waals surface area contributed by atoms with Crippen molar-refractivity contribution in [2.45, 2.75) is 40.3 Å². The number of carbonyl (C=O) groups excluding carboxylic acids is 2. The summed E-state index contributed by atoms with van der Waals surface area (Å²) >= 11 is 0. The lowest BCUT2D eigenvalue weighted by Gasteiger charge is -2.36. The summed E-state index contributed by atoms with van der Waals surface area (Å²) in [5.74, 6) is -0.0739. The van der Waals surface area contributed by atoms with E-state index in [2.05, 4.69) is 15.1 Å². The number of aryl methyl sites for hydroxylation is 2. The number of piperazine rings is 1. The van der Waals surface area contributed by atoms with Crippen LogP contribution >= 0.6 is 0 Å². The van der Waals surface area contributed by atoms with Crippen LogP contribution in [0.4, 0.5) is 4.39 Å². The maximum absolute atomic E-state index is 14.0. The number of rotatable bonds is 3. The predicted octanol–water partition coefficient (Wildman–Crippen LogP) is 1.31. The van der Waals surface area contributed by atoms with Crippen molar-refractivity contribution in [2.75, 3.05) is 26.2 Å². The van der Waals surface area contributed by atoms with E-state index in [4.69, 9.17) is 4.52 Å². The predicted molar refractivity (Wildman–Crippen MR) is 97.4 cm³/mol. The Hall–Kier alpha value is -2.58. The van der Waals surface area contributed by atoms with Gasteiger partial charge in [-0.25, -0.2) is 9.38 Å². The van der Waals surface area contributed by atoms with Crippen molar-refractivity contribution in [3.8, 4) is 0 Å². The fourth-order valence-electron chi connectivity index (χ4n) is 3.22. The van der Waals surface area contributed by atoms with Crippen LogP contribution in [0, 0.1) is 19.8 Å². The van der Waals surface area contributed by atoms with E-state index >= 15 is 0 Å². The average Bonchev–Trinajstić information content (AvgIpc) is 2.95. The molecule has 2 aliphatic heterocycles. The van der Waals surface area contributed by atoms with Gasteiger partial charge in [0.2, 0.25) is 18.0 Å². The molecule has 1 unspecified atom stereocenters. The van der Waals surface area contributed by atoms with Gasteiger partial charge in [0.05, 0.1) is 17.8 Å². The topological polar surface area (TPSA) is 91.4 Å². The van der Waals surface area contributed by atoms with Crippen molar-refractivity contribution in [1.82, 2.24) is 15.0 Å². The molecule has 3 heterocycles. The van der Waals surface area contributed by atoms with Crippen molar-refractivity contribution in [1.29, 1.82) is 0 Å². The highest BCUT2D eigenvalue weighted by Gasteiger charge is 2.33. The lowest BCUT2D eigenvalue weighted by Crippen LogP contribution is -2.52. The monoisotopic (exact) mass is 377 g/mol. The van der Waals surface area contributed by atoms with Crippen LogP contribution in [0.1, 0.15) is 30.9 Å². The van der Waals surface area contributed by atoms with Crippen LogP contribution in [-0.2, 0) is 16.0 Å². The second-order valence-electron chi connectivity index (χ2n) is 7.15.